The zero-order chi connectivity index (χ0) is 10.0. The fraction of sp³-hybridized carbons (Fsp3) is 0.909. The van der Waals surface area contributed by atoms with E-state index in [0.29, 0.717) is 0 Å². The number of hydrogen-bond acceptors (Lipinski definition) is 1. The highest BCUT2D eigenvalue weighted by Gasteiger charge is 2.40. The first-order chi connectivity index (χ1) is 6.78. The van der Waals surface area contributed by atoms with Gasteiger partial charge in [-0.2, -0.15) is 0 Å². The number of hydrogen-bond donors (Lipinski definition) is 1. The Morgan fingerprint density at radius 1 is 1.36 bits per heavy atom. The molecule has 3 nitrogen and oxygen atoms in total. The first kappa shape index (κ1) is 9.81. The first-order valence-electron chi connectivity index (χ1n) is 5.84. The van der Waals surface area contributed by atoms with Crippen LogP contribution in [0.25, 0.3) is 0 Å². The summed E-state index contributed by atoms with van der Waals surface area (Å²) in [5.74, 6) is 0. The van der Waals surface area contributed by atoms with E-state index in [0.717, 1.165) is 19.5 Å². The molecule has 80 valence electrons. The lowest BCUT2D eigenvalue weighted by atomic mass is 9.78. The minimum Gasteiger partial charge on any atom is -0.336 e. The highest BCUT2D eigenvalue weighted by Crippen LogP contribution is 2.36. The predicted molar refractivity (Wildman–Crippen MR) is 56.2 cm³/mol. The molecular formula is C11H20N2O. The molecule has 2 fully saturated rings. The molecule has 0 aromatic heterocycles. The Morgan fingerprint density at radius 2 is 2.07 bits per heavy atom. The van der Waals surface area contributed by atoms with E-state index in [9.17, 15) is 4.79 Å². The second kappa shape index (κ2) is 3.79. The Balaban J connectivity index is 2.13. The first-order valence-corrected chi connectivity index (χ1v) is 5.84. The number of nitrogens with one attached hydrogen (secondary N) is 1. The Hall–Kier alpha value is -0.730. The molecular weight excluding hydrogens is 176 g/mol. The zero-order valence-electron chi connectivity index (χ0n) is 9.01. The smallest absolute Gasteiger partial charge is 0.317 e. The van der Waals surface area contributed by atoms with Crippen molar-refractivity contribution in [1.82, 2.24) is 10.2 Å². The van der Waals surface area contributed by atoms with Gasteiger partial charge in [0.05, 0.1) is 0 Å². The molecule has 1 heterocycles. The molecule has 1 aliphatic heterocycles. The Bertz CT molecular complexity index is 221. The van der Waals surface area contributed by atoms with E-state index in [1.54, 1.807) is 0 Å². The van der Waals surface area contributed by atoms with E-state index in [-0.39, 0.29) is 11.6 Å². The molecule has 1 saturated heterocycles. The average Bonchev–Trinajstić information content (AvgIpc) is 2.66. The number of nitrogens with zero attached hydrogens (tertiary/aromatic N) is 1. The molecule has 0 spiro atoms. The molecule has 0 bridgehead atoms. The van der Waals surface area contributed by atoms with Crippen LogP contribution in [0.5, 0.6) is 0 Å². The van der Waals surface area contributed by atoms with Crippen LogP contribution in [0, 0.1) is 0 Å². The molecule has 0 unspecified atom stereocenters. The molecule has 0 radical (unpaired) electrons. The van der Waals surface area contributed by atoms with E-state index in [4.69, 9.17) is 0 Å². The van der Waals surface area contributed by atoms with Crippen LogP contribution in [0.1, 0.15) is 45.4 Å². The Morgan fingerprint density at radius 3 is 2.57 bits per heavy atom. The zero-order valence-corrected chi connectivity index (χ0v) is 9.01. The third-order valence-electron chi connectivity index (χ3n) is 3.87. The molecule has 0 aromatic carbocycles. The summed E-state index contributed by atoms with van der Waals surface area (Å²) in [5.41, 5.74) is 0.193. The second-order valence-electron chi connectivity index (χ2n) is 4.52. The van der Waals surface area contributed by atoms with Crippen molar-refractivity contribution >= 4 is 6.03 Å². The molecule has 14 heavy (non-hydrogen) atoms. The second-order valence-corrected chi connectivity index (χ2v) is 4.52. The van der Waals surface area contributed by atoms with Crippen LogP contribution in [0.2, 0.25) is 0 Å². The van der Waals surface area contributed by atoms with Crippen molar-refractivity contribution in [1.29, 1.82) is 0 Å². The van der Waals surface area contributed by atoms with Crippen molar-refractivity contribution < 1.29 is 4.79 Å². The highest BCUT2D eigenvalue weighted by molar-refractivity contribution is 5.77. The van der Waals surface area contributed by atoms with E-state index >= 15 is 0 Å². The summed E-state index contributed by atoms with van der Waals surface area (Å²) in [6.07, 6.45) is 7.45. The summed E-state index contributed by atoms with van der Waals surface area (Å²) in [4.78, 5) is 13.7. The van der Waals surface area contributed by atoms with Gasteiger partial charge in [-0.05, 0) is 19.3 Å². The van der Waals surface area contributed by atoms with E-state index in [1.807, 2.05) is 0 Å². The van der Waals surface area contributed by atoms with E-state index in [2.05, 4.69) is 17.1 Å². The summed E-state index contributed by atoms with van der Waals surface area (Å²) in [7, 11) is 0. The van der Waals surface area contributed by atoms with Gasteiger partial charge < -0.3 is 10.2 Å². The summed E-state index contributed by atoms with van der Waals surface area (Å²) < 4.78 is 0. The maximum Gasteiger partial charge on any atom is 0.317 e. The highest BCUT2D eigenvalue weighted by atomic mass is 16.2. The van der Waals surface area contributed by atoms with Crippen molar-refractivity contribution in [2.75, 3.05) is 13.1 Å². The van der Waals surface area contributed by atoms with Crippen LogP contribution in [0.4, 0.5) is 4.79 Å². The van der Waals surface area contributed by atoms with Crippen LogP contribution < -0.4 is 5.32 Å². The summed E-state index contributed by atoms with van der Waals surface area (Å²) in [6.45, 7) is 3.96. The van der Waals surface area contributed by atoms with Gasteiger partial charge in [0.2, 0.25) is 0 Å². The minimum absolute atomic E-state index is 0.161. The number of carbonyl (C=O) groups is 1. The molecule has 0 aromatic rings. The topological polar surface area (TPSA) is 32.3 Å². The van der Waals surface area contributed by atoms with Gasteiger partial charge in [0.25, 0.3) is 0 Å². The van der Waals surface area contributed by atoms with Crippen molar-refractivity contribution in [2.45, 2.75) is 51.0 Å². The van der Waals surface area contributed by atoms with Crippen LogP contribution in [0.3, 0.4) is 0 Å². The van der Waals surface area contributed by atoms with Gasteiger partial charge in [-0.3, -0.25) is 0 Å². The van der Waals surface area contributed by atoms with Crippen LogP contribution in [-0.2, 0) is 0 Å². The summed E-state index contributed by atoms with van der Waals surface area (Å²) >= 11 is 0. The van der Waals surface area contributed by atoms with Gasteiger partial charge in [-0.1, -0.05) is 26.2 Å². The number of urea groups is 1. The number of rotatable bonds is 2. The standard InChI is InChI=1S/C11H20N2O/c1-2-11(6-4-3-5-7-11)13-9-8-12-10(13)14/h2-9H2,1H3,(H,12,14). The molecule has 1 saturated carbocycles. The third kappa shape index (κ3) is 1.49. The van der Waals surface area contributed by atoms with Crippen LogP contribution >= 0.6 is 0 Å². The molecule has 0 atom stereocenters. The summed E-state index contributed by atoms with van der Waals surface area (Å²) in [5, 5.41) is 2.91. The lowest BCUT2D eigenvalue weighted by Crippen LogP contribution is -2.51. The lowest BCUT2D eigenvalue weighted by molar-refractivity contribution is 0.0929. The molecule has 3 heteroatoms. The minimum atomic E-state index is 0.161. The summed E-state index contributed by atoms with van der Waals surface area (Å²) in [6, 6.07) is 0.161. The van der Waals surface area contributed by atoms with Crippen molar-refractivity contribution in [3.05, 3.63) is 0 Å². The normalized spacial score (nSPS) is 26.4. The van der Waals surface area contributed by atoms with Gasteiger partial charge in [0.15, 0.2) is 0 Å². The lowest BCUT2D eigenvalue weighted by Gasteiger charge is -2.43. The quantitative estimate of drug-likeness (QED) is 0.721. The molecule has 1 N–H and O–H groups in total. The van der Waals surface area contributed by atoms with Gasteiger partial charge in [0, 0.05) is 18.6 Å². The molecule has 1 aliphatic carbocycles. The van der Waals surface area contributed by atoms with E-state index < -0.39 is 0 Å². The van der Waals surface area contributed by atoms with Gasteiger partial charge >= 0.3 is 6.03 Å². The fourth-order valence-electron chi connectivity index (χ4n) is 2.95. The Labute approximate surface area is 85.8 Å². The SMILES string of the molecule is CCC1(N2CCNC2=O)CCCCC1. The predicted octanol–water partition coefficient (Wildman–Crippen LogP) is 2.12. The molecule has 2 aliphatic rings. The number of carbonyl (C=O) groups excluding carboxylic acids is 1. The maximum absolute atomic E-state index is 11.7. The van der Waals surface area contributed by atoms with Crippen LogP contribution in [0.15, 0.2) is 0 Å². The molecule has 2 amide bonds. The van der Waals surface area contributed by atoms with Crippen molar-refractivity contribution in [3.8, 4) is 0 Å². The van der Waals surface area contributed by atoms with Crippen molar-refractivity contribution in [2.24, 2.45) is 0 Å². The Kier molecular flexibility index (Phi) is 2.66. The third-order valence-corrected chi connectivity index (χ3v) is 3.87. The largest absolute Gasteiger partial charge is 0.336 e. The maximum atomic E-state index is 11.7. The average molecular weight is 196 g/mol. The van der Waals surface area contributed by atoms with Gasteiger partial charge in [-0.15, -0.1) is 0 Å². The van der Waals surface area contributed by atoms with Crippen molar-refractivity contribution in [3.63, 3.8) is 0 Å². The van der Waals surface area contributed by atoms with Gasteiger partial charge in [0.1, 0.15) is 0 Å². The molecule has 2 rings (SSSR count). The fourth-order valence-corrected chi connectivity index (χ4v) is 2.95. The van der Waals surface area contributed by atoms with Crippen LogP contribution in [-0.4, -0.2) is 29.6 Å². The van der Waals surface area contributed by atoms with E-state index in [1.165, 1.54) is 32.1 Å². The monoisotopic (exact) mass is 196 g/mol. The van der Waals surface area contributed by atoms with Gasteiger partial charge in [-0.25, -0.2) is 4.79 Å². The number of amides is 2.